The summed E-state index contributed by atoms with van der Waals surface area (Å²) in [5, 5.41) is 7.77. The van der Waals surface area contributed by atoms with E-state index in [0.29, 0.717) is 0 Å². The van der Waals surface area contributed by atoms with Crippen molar-refractivity contribution >= 4 is 77.8 Å². The van der Waals surface area contributed by atoms with E-state index in [1.54, 1.807) is 0 Å². The topological polar surface area (TPSA) is 0 Å². The Hall–Kier alpha value is -1.60. The summed E-state index contributed by atoms with van der Waals surface area (Å²) in [6.07, 6.45) is 0. The van der Waals surface area contributed by atoms with Crippen LogP contribution in [0.25, 0.3) is 37.9 Å². The van der Waals surface area contributed by atoms with Crippen molar-refractivity contribution in [1.29, 1.82) is 0 Å². The Labute approximate surface area is 171 Å². The molecule has 0 radical (unpaired) electrons. The molecule has 0 aliphatic carbocycles. The van der Waals surface area contributed by atoms with Crippen LogP contribution in [0, 0.1) is 11.5 Å². The van der Waals surface area contributed by atoms with E-state index in [-0.39, 0.29) is 0 Å². The quantitative estimate of drug-likeness (QED) is 0.147. The van der Waals surface area contributed by atoms with Gasteiger partial charge in [0.15, 0.2) is 0 Å². The minimum atomic E-state index is -1.47. The molecule has 4 aromatic carbocycles. The third-order valence-corrected chi connectivity index (χ3v) is 6.22. The van der Waals surface area contributed by atoms with Gasteiger partial charge in [-0.25, -0.2) is 0 Å². The Morgan fingerprint density at radius 1 is 0.769 bits per heavy atom. The standard InChI is InChI=1S/C23H18Br2Si/c1-26(2,3)14-13-20(23(24)25)18-11-9-17-8-7-15-5-4-6-16-10-12-19(18)22(17)21(15)16/h4-12H,1-3H3. The SMILES string of the molecule is C[Si](C)(C)C#CC(=C(Br)Br)c1ccc2ccc3cccc4ccc1c2c34. The number of hydrogen-bond donors (Lipinski definition) is 0. The van der Waals surface area contributed by atoms with Crippen LogP contribution in [0.3, 0.4) is 0 Å². The average molecular weight is 482 g/mol. The predicted molar refractivity (Wildman–Crippen MR) is 126 cm³/mol. The van der Waals surface area contributed by atoms with Crippen LogP contribution in [-0.4, -0.2) is 8.07 Å². The van der Waals surface area contributed by atoms with E-state index in [2.05, 4.69) is 118 Å². The highest BCUT2D eigenvalue weighted by molar-refractivity contribution is 9.28. The van der Waals surface area contributed by atoms with E-state index in [9.17, 15) is 0 Å². The predicted octanol–water partition coefficient (Wildman–Crippen LogP) is 7.92. The number of benzene rings is 4. The summed E-state index contributed by atoms with van der Waals surface area (Å²) in [7, 11) is -1.47. The molecule has 0 aromatic heterocycles. The highest BCUT2D eigenvalue weighted by Gasteiger charge is 2.15. The highest BCUT2D eigenvalue weighted by Crippen LogP contribution is 2.39. The summed E-state index contributed by atoms with van der Waals surface area (Å²) in [4.78, 5) is 0. The van der Waals surface area contributed by atoms with Gasteiger partial charge >= 0.3 is 0 Å². The Kier molecular flexibility index (Phi) is 4.47. The van der Waals surface area contributed by atoms with Gasteiger partial charge in [-0.05, 0) is 69.7 Å². The van der Waals surface area contributed by atoms with Crippen LogP contribution in [0.2, 0.25) is 19.6 Å². The van der Waals surface area contributed by atoms with E-state index in [1.165, 1.54) is 37.9 Å². The second-order valence-electron chi connectivity index (χ2n) is 7.60. The van der Waals surface area contributed by atoms with Crippen molar-refractivity contribution in [2.24, 2.45) is 0 Å². The number of hydrogen-bond acceptors (Lipinski definition) is 0. The number of rotatable bonds is 1. The number of allylic oxidation sites excluding steroid dienone is 1. The van der Waals surface area contributed by atoms with Crippen molar-refractivity contribution in [1.82, 2.24) is 0 Å². The monoisotopic (exact) mass is 480 g/mol. The molecule has 0 spiro atoms. The lowest BCUT2D eigenvalue weighted by Crippen LogP contribution is -2.16. The Morgan fingerprint density at radius 2 is 1.35 bits per heavy atom. The fraction of sp³-hybridized carbons (Fsp3) is 0.130. The van der Waals surface area contributed by atoms with Crippen LogP contribution in [-0.2, 0) is 0 Å². The largest absolute Gasteiger partial charge is 0.129 e. The molecule has 128 valence electrons. The first-order valence-corrected chi connectivity index (χ1v) is 13.7. The van der Waals surface area contributed by atoms with Crippen molar-refractivity contribution in [3.8, 4) is 11.5 Å². The fourth-order valence-corrected chi connectivity index (χ4v) is 4.55. The molecular formula is C23H18Br2Si. The zero-order valence-electron chi connectivity index (χ0n) is 15.0. The molecule has 4 aromatic rings. The minimum absolute atomic E-state index is 0.908. The van der Waals surface area contributed by atoms with E-state index in [0.717, 1.165) is 8.96 Å². The first kappa shape index (κ1) is 17.8. The molecule has 0 heterocycles. The van der Waals surface area contributed by atoms with Crippen LogP contribution in [0.1, 0.15) is 5.56 Å². The molecule has 0 aliphatic rings. The summed E-state index contributed by atoms with van der Waals surface area (Å²) >= 11 is 7.25. The first-order valence-electron chi connectivity index (χ1n) is 8.60. The molecule has 0 bridgehead atoms. The zero-order valence-corrected chi connectivity index (χ0v) is 19.1. The molecule has 0 amide bonds. The molecule has 0 nitrogen and oxygen atoms in total. The third kappa shape index (κ3) is 3.11. The van der Waals surface area contributed by atoms with Gasteiger partial charge in [0, 0.05) is 0 Å². The maximum absolute atomic E-state index is 3.62. The fourth-order valence-electron chi connectivity index (χ4n) is 3.42. The van der Waals surface area contributed by atoms with Gasteiger partial charge in [0.05, 0.1) is 8.96 Å². The lowest BCUT2D eigenvalue weighted by Gasteiger charge is -2.14. The number of halogens is 2. The van der Waals surface area contributed by atoms with Crippen LogP contribution < -0.4 is 0 Å². The van der Waals surface area contributed by atoms with Gasteiger partial charge in [-0.3, -0.25) is 0 Å². The molecule has 0 saturated heterocycles. The summed E-state index contributed by atoms with van der Waals surface area (Å²) in [6.45, 7) is 6.80. The van der Waals surface area contributed by atoms with Crippen molar-refractivity contribution in [2.45, 2.75) is 19.6 Å². The van der Waals surface area contributed by atoms with Crippen molar-refractivity contribution in [3.63, 3.8) is 0 Å². The summed E-state index contributed by atoms with van der Waals surface area (Å²) in [5.74, 6) is 3.45. The molecule has 4 rings (SSSR count). The van der Waals surface area contributed by atoms with Crippen LogP contribution in [0.5, 0.6) is 0 Å². The highest BCUT2D eigenvalue weighted by atomic mass is 79.9. The molecule has 0 atom stereocenters. The Balaban J connectivity index is 2.10. The maximum atomic E-state index is 3.62. The Morgan fingerprint density at radius 3 is 1.96 bits per heavy atom. The zero-order chi connectivity index (χ0) is 18.5. The van der Waals surface area contributed by atoms with Crippen LogP contribution in [0.4, 0.5) is 0 Å². The molecule has 0 N–H and O–H groups in total. The molecule has 0 fully saturated rings. The average Bonchev–Trinajstić information content (AvgIpc) is 2.59. The lowest BCUT2D eigenvalue weighted by atomic mass is 9.90. The molecule has 0 unspecified atom stereocenters. The molecule has 0 saturated carbocycles. The smallest absolute Gasteiger partial charge is 0.127 e. The maximum Gasteiger partial charge on any atom is 0.129 e. The van der Waals surface area contributed by atoms with Gasteiger partial charge in [0.1, 0.15) is 8.07 Å². The van der Waals surface area contributed by atoms with Crippen molar-refractivity contribution < 1.29 is 0 Å². The first-order chi connectivity index (χ1) is 12.3. The second-order valence-corrected chi connectivity index (χ2v) is 15.0. The van der Waals surface area contributed by atoms with E-state index < -0.39 is 8.07 Å². The molecule has 3 heteroatoms. The van der Waals surface area contributed by atoms with Gasteiger partial charge < -0.3 is 0 Å². The van der Waals surface area contributed by atoms with Gasteiger partial charge in [-0.2, -0.15) is 0 Å². The summed E-state index contributed by atoms with van der Waals surface area (Å²) in [5.41, 5.74) is 5.69. The van der Waals surface area contributed by atoms with Crippen LogP contribution >= 0.6 is 31.9 Å². The van der Waals surface area contributed by atoms with E-state index in [4.69, 9.17) is 0 Å². The third-order valence-electron chi connectivity index (χ3n) is 4.55. The van der Waals surface area contributed by atoms with Gasteiger partial charge in [0.2, 0.25) is 0 Å². The van der Waals surface area contributed by atoms with Crippen molar-refractivity contribution in [3.05, 3.63) is 63.6 Å². The lowest BCUT2D eigenvalue weighted by molar-refractivity contribution is 1.73. The van der Waals surface area contributed by atoms with Crippen LogP contribution in [0.15, 0.2) is 58.0 Å². The van der Waals surface area contributed by atoms with E-state index >= 15 is 0 Å². The second kappa shape index (κ2) is 6.53. The van der Waals surface area contributed by atoms with Gasteiger partial charge in [-0.15, -0.1) is 5.54 Å². The van der Waals surface area contributed by atoms with Crippen molar-refractivity contribution in [2.75, 3.05) is 0 Å². The molecular weight excluding hydrogens is 464 g/mol. The minimum Gasteiger partial charge on any atom is -0.127 e. The summed E-state index contributed by atoms with van der Waals surface area (Å²) < 4.78 is 0.908. The molecule has 0 aliphatic heterocycles. The normalized spacial score (nSPS) is 11.7. The van der Waals surface area contributed by atoms with E-state index in [1.807, 2.05) is 0 Å². The van der Waals surface area contributed by atoms with Gasteiger partial charge in [-0.1, -0.05) is 80.2 Å². The Bertz CT molecular complexity index is 1210. The molecule has 26 heavy (non-hydrogen) atoms. The van der Waals surface area contributed by atoms with Gasteiger partial charge in [0.25, 0.3) is 0 Å². The summed E-state index contributed by atoms with van der Waals surface area (Å²) in [6, 6.07) is 19.8.